The Morgan fingerprint density at radius 3 is 2.77 bits per heavy atom. The molecule has 0 amide bonds. The van der Waals surface area contributed by atoms with Crippen LogP contribution in [0, 0.1) is 0 Å². The van der Waals surface area contributed by atoms with Crippen molar-refractivity contribution in [1.82, 2.24) is 0 Å². The van der Waals surface area contributed by atoms with Crippen LogP contribution in [0.1, 0.15) is 21.5 Å². The van der Waals surface area contributed by atoms with Crippen molar-refractivity contribution in [2.45, 2.75) is 6.61 Å². The summed E-state index contributed by atoms with van der Waals surface area (Å²) in [7, 11) is 0. The number of phenolic OH excluding ortho intramolecular Hbond substituents is 1. The molecule has 5 heteroatoms. The SMILES string of the molecule is O=C(/C=C/c1cc(Br)c2c(c1)OCOC2)c1ccc(O)cc1. The van der Waals surface area contributed by atoms with E-state index in [0.29, 0.717) is 12.2 Å². The summed E-state index contributed by atoms with van der Waals surface area (Å²) in [4.78, 5) is 12.1. The van der Waals surface area contributed by atoms with Gasteiger partial charge in [-0.3, -0.25) is 4.79 Å². The zero-order chi connectivity index (χ0) is 15.5. The van der Waals surface area contributed by atoms with E-state index in [1.165, 1.54) is 18.2 Å². The molecule has 112 valence electrons. The fraction of sp³-hybridized carbons (Fsp3) is 0.118. The van der Waals surface area contributed by atoms with Crippen molar-refractivity contribution in [3.05, 3.63) is 63.6 Å². The molecule has 1 aliphatic heterocycles. The number of rotatable bonds is 3. The molecular weight excluding hydrogens is 348 g/mol. The minimum Gasteiger partial charge on any atom is -0.508 e. The summed E-state index contributed by atoms with van der Waals surface area (Å²) in [5.41, 5.74) is 2.35. The zero-order valence-corrected chi connectivity index (χ0v) is 13.2. The van der Waals surface area contributed by atoms with Crippen molar-refractivity contribution >= 4 is 27.8 Å². The third-order valence-electron chi connectivity index (χ3n) is 3.30. The van der Waals surface area contributed by atoms with Crippen molar-refractivity contribution in [2.75, 3.05) is 6.79 Å². The topological polar surface area (TPSA) is 55.8 Å². The number of carbonyl (C=O) groups is 1. The lowest BCUT2D eigenvalue weighted by Gasteiger charge is -2.19. The third-order valence-corrected chi connectivity index (χ3v) is 4.01. The highest BCUT2D eigenvalue weighted by molar-refractivity contribution is 9.10. The molecule has 0 radical (unpaired) electrons. The van der Waals surface area contributed by atoms with Crippen LogP contribution < -0.4 is 4.74 Å². The molecule has 0 aromatic heterocycles. The van der Waals surface area contributed by atoms with Crippen LogP contribution in [0.5, 0.6) is 11.5 Å². The van der Waals surface area contributed by atoms with Crippen molar-refractivity contribution in [2.24, 2.45) is 0 Å². The number of hydrogen-bond donors (Lipinski definition) is 1. The van der Waals surface area contributed by atoms with Crippen molar-refractivity contribution in [1.29, 1.82) is 0 Å². The number of aromatic hydroxyl groups is 1. The number of carbonyl (C=O) groups excluding carboxylic acids is 1. The molecule has 0 atom stereocenters. The Hall–Kier alpha value is -2.11. The molecule has 0 spiro atoms. The van der Waals surface area contributed by atoms with E-state index in [2.05, 4.69) is 15.9 Å². The van der Waals surface area contributed by atoms with Gasteiger partial charge in [-0.05, 0) is 48.0 Å². The molecule has 0 saturated carbocycles. The lowest BCUT2D eigenvalue weighted by molar-refractivity contribution is -0.0167. The molecule has 3 rings (SSSR count). The predicted molar refractivity (Wildman–Crippen MR) is 85.9 cm³/mol. The van der Waals surface area contributed by atoms with Gasteiger partial charge in [-0.25, -0.2) is 0 Å². The van der Waals surface area contributed by atoms with Gasteiger partial charge < -0.3 is 14.6 Å². The largest absolute Gasteiger partial charge is 0.508 e. The Morgan fingerprint density at radius 1 is 1.23 bits per heavy atom. The Labute approximate surface area is 136 Å². The first-order valence-electron chi connectivity index (χ1n) is 6.68. The smallest absolute Gasteiger partial charge is 0.189 e. The zero-order valence-electron chi connectivity index (χ0n) is 11.6. The summed E-state index contributed by atoms with van der Waals surface area (Å²) in [5.74, 6) is 0.772. The second kappa shape index (κ2) is 6.34. The Bertz CT molecular complexity index is 735. The monoisotopic (exact) mass is 360 g/mol. The highest BCUT2D eigenvalue weighted by Gasteiger charge is 2.14. The third kappa shape index (κ3) is 3.21. The summed E-state index contributed by atoms with van der Waals surface area (Å²) in [6.07, 6.45) is 3.24. The molecule has 0 fully saturated rings. The first-order chi connectivity index (χ1) is 10.6. The Balaban J connectivity index is 1.82. The van der Waals surface area contributed by atoms with Crippen LogP contribution in [0.3, 0.4) is 0 Å². The summed E-state index contributed by atoms with van der Waals surface area (Å²) in [5, 5.41) is 9.23. The van der Waals surface area contributed by atoms with Gasteiger partial charge in [0.1, 0.15) is 11.5 Å². The molecule has 1 N–H and O–H groups in total. The molecule has 0 unspecified atom stereocenters. The van der Waals surface area contributed by atoms with Gasteiger partial charge >= 0.3 is 0 Å². The normalized spacial score (nSPS) is 13.7. The summed E-state index contributed by atoms with van der Waals surface area (Å²) in [6, 6.07) is 9.95. The van der Waals surface area contributed by atoms with Crippen molar-refractivity contribution in [3.8, 4) is 11.5 Å². The van der Waals surface area contributed by atoms with Gasteiger partial charge in [-0.15, -0.1) is 0 Å². The number of fused-ring (bicyclic) bond motifs is 1. The van der Waals surface area contributed by atoms with Crippen LogP contribution in [0.4, 0.5) is 0 Å². The molecule has 0 bridgehead atoms. The van der Waals surface area contributed by atoms with E-state index in [0.717, 1.165) is 21.3 Å². The van der Waals surface area contributed by atoms with Crippen LogP contribution in [-0.4, -0.2) is 17.7 Å². The number of phenols is 1. The van der Waals surface area contributed by atoms with E-state index >= 15 is 0 Å². The van der Waals surface area contributed by atoms with Gasteiger partial charge in [0, 0.05) is 15.6 Å². The maximum atomic E-state index is 12.1. The van der Waals surface area contributed by atoms with Crippen LogP contribution in [0.25, 0.3) is 6.08 Å². The molecule has 4 nitrogen and oxygen atoms in total. The van der Waals surface area contributed by atoms with E-state index in [1.54, 1.807) is 18.2 Å². The molecule has 0 saturated heterocycles. The minimum absolute atomic E-state index is 0.127. The van der Waals surface area contributed by atoms with Gasteiger partial charge in [0.2, 0.25) is 0 Å². The minimum atomic E-state index is -0.127. The van der Waals surface area contributed by atoms with Gasteiger partial charge in [-0.1, -0.05) is 22.0 Å². The summed E-state index contributed by atoms with van der Waals surface area (Å²) >= 11 is 3.49. The quantitative estimate of drug-likeness (QED) is 0.665. The standard InChI is InChI=1S/C17H13BrO4/c18-15-7-11(8-17-14(15)9-21-10-22-17)1-6-16(20)12-2-4-13(19)5-3-12/h1-8,19H,9-10H2/b6-1+. The predicted octanol–water partition coefficient (Wildman–Crippen LogP) is 3.92. The molecule has 1 heterocycles. The second-order valence-corrected chi connectivity index (χ2v) is 5.69. The van der Waals surface area contributed by atoms with Gasteiger partial charge in [0.05, 0.1) is 6.61 Å². The number of hydrogen-bond acceptors (Lipinski definition) is 4. The lowest BCUT2D eigenvalue weighted by Crippen LogP contribution is -2.11. The van der Waals surface area contributed by atoms with E-state index < -0.39 is 0 Å². The lowest BCUT2D eigenvalue weighted by atomic mass is 10.1. The Morgan fingerprint density at radius 2 is 2.00 bits per heavy atom. The van der Waals surface area contributed by atoms with E-state index in [1.807, 2.05) is 12.1 Å². The molecular formula is C17H13BrO4. The maximum Gasteiger partial charge on any atom is 0.189 e. The second-order valence-electron chi connectivity index (χ2n) is 4.83. The molecule has 2 aromatic carbocycles. The van der Waals surface area contributed by atoms with Crippen molar-refractivity contribution in [3.63, 3.8) is 0 Å². The number of halogens is 1. The van der Waals surface area contributed by atoms with Crippen LogP contribution >= 0.6 is 15.9 Å². The molecule has 1 aliphatic rings. The van der Waals surface area contributed by atoms with Crippen LogP contribution in [-0.2, 0) is 11.3 Å². The summed E-state index contributed by atoms with van der Waals surface area (Å²) in [6.45, 7) is 0.741. The average molecular weight is 361 g/mol. The summed E-state index contributed by atoms with van der Waals surface area (Å²) < 4.78 is 11.6. The van der Waals surface area contributed by atoms with E-state index in [4.69, 9.17) is 9.47 Å². The fourth-order valence-electron chi connectivity index (χ4n) is 2.14. The molecule has 2 aromatic rings. The number of ketones is 1. The van der Waals surface area contributed by atoms with E-state index in [-0.39, 0.29) is 18.3 Å². The van der Waals surface area contributed by atoms with Gasteiger partial charge in [0.15, 0.2) is 12.6 Å². The first-order valence-corrected chi connectivity index (χ1v) is 7.47. The number of benzene rings is 2. The number of allylic oxidation sites excluding steroid dienone is 1. The molecule has 22 heavy (non-hydrogen) atoms. The highest BCUT2D eigenvalue weighted by atomic mass is 79.9. The van der Waals surface area contributed by atoms with Crippen LogP contribution in [0.2, 0.25) is 0 Å². The Kier molecular flexibility index (Phi) is 4.27. The highest BCUT2D eigenvalue weighted by Crippen LogP contribution is 2.32. The maximum absolute atomic E-state index is 12.1. The van der Waals surface area contributed by atoms with Gasteiger partial charge in [0.25, 0.3) is 0 Å². The number of ether oxygens (including phenoxy) is 2. The molecule has 0 aliphatic carbocycles. The van der Waals surface area contributed by atoms with E-state index in [9.17, 15) is 9.90 Å². The van der Waals surface area contributed by atoms with Crippen LogP contribution in [0.15, 0.2) is 46.9 Å². The fourth-order valence-corrected chi connectivity index (χ4v) is 2.71. The van der Waals surface area contributed by atoms with Crippen molar-refractivity contribution < 1.29 is 19.4 Å². The average Bonchev–Trinajstić information content (AvgIpc) is 2.53. The first kappa shape index (κ1) is 14.8. The van der Waals surface area contributed by atoms with Gasteiger partial charge in [-0.2, -0.15) is 0 Å².